The lowest BCUT2D eigenvalue weighted by atomic mass is 10.1. The molecular formula is C20H13N3OS2. The Morgan fingerprint density at radius 2 is 1.81 bits per heavy atom. The van der Waals surface area contributed by atoms with Crippen molar-refractivity contribution in [3.63, 3.8) is 0 Å². The van der Waals surface area contributed by atoms with Crippen LogP contribution in [0.2, 0.25) is 0 Å². The average molecular weight is 375 g/mol. The van der Waals surface area contributed by atoms with Crippen molar-refractivity contribution in [1.82, 2.24) is 14.5 Å². The van der Waals surface area contributed by atoms with Crippen LogP contribution in [0.3, 0.4) is 0 Å². The first-order valence-electron chi connectivity index (χ1n) is 8.16. The summed E-state index contributed by atoms with van der Waals surface area (Å²) in [6, 6.07) is 18.0. The summed E-state index contributed by atoms with van der Waals surface area (Å²) in [6.07, 6.45) is 1.63. The van der Waals surface area contributed by atoms with Crippen molar-refractivity contribution in [2.24, 2.45) is 0 Å². The zero-order chi connectivity index (χ0) is 17.5. The number of benzene rings is 2. The van der Waals surface area contributed by atoms with Gasteiger partial charge >= 0.3 is 0 Å². The highest BCUT2D eigenvalue weighted by Crippen LogP contribution is 2.30. The van der Waals surface area contributed by atoms with Gasteiger partial charge in [0.15, 0.2) is 0 Å². The molecule has 0 aliphatic heterocycles. The lowest BCUT2D eigenvalue weighted by Gasteiger charge is -2.04. The number of thiophene rings is 1. The van der Waals surface area contributed by atoms with Gasteiger partial charge in [-0.2, -0.15) is 0 Å². The van der Waals surface area contributed by atoms with Gasteiger partial charge in [-0.15, -0.1) is 22.7 Å². The molecule has 0 spiro atoms. The number of hydrogen-bond donors (Lipinski definition) is 0. The topological polar surface area (TPSA) is 47.8 Å². The fraction of sp³-hybridized carbons (Fsp3) is 0.0500. The van der Waals surface area contributed by atoms with E-state index in [9.17, 15) is 4.79 Å². The Bertz CT molecular complexity index is 1250. The molecule has 3 aromatic heterocycles. The van der Waals surface area contributed by atoms with Gasteiger partial charge in [-0.05, 0) is 17.7 Å². The van der Waals surface area contributed by atoms with Crippen molar-refractivity contribution >= 4 is 43.1 Å². The molecule has 0 unspecified atom stereocenters. The molecule has 0 bridgehead atoms. The van der Waals surface area contributed by atoms with Crippen LogP contribution < -0.4 is 5.56 Å². The first-order valence-corrected chi connectivity index (χ1v) is 9.86. The van der Waals surface area contributed by atoms with Gasteiger partial charge in [0.1, 0.15) is 9.84 Å². The van der Waals surface area contributed by atoms with Crippen LogP contribution in [0, 0.1) is 0 Å². The van der Waals surface area contributed by atoms with E-state index in [4.69, 9.17) is 0 Å². The SMILES string of the molecule is O=c1c2c(-c3ccccc3)csc2ncn1Cc1nc2ccccc2s1. The van der Waals surface area contributed by atoms with E-state index >= 15 is 0 Å². The second-order valence-electron chi connectivity index (χ2n) is 5.95. The van der Waals surface area contributed by atoms with Crippen molar-refractivity contribution in [1.29, 1.82) is 0 Å². The second-order valence-corrected chi connectivity index (χ2v) is 7.92. The molecule has 0 saturated carbocycles. The van der Waals surface area contributed by atoms with Gasteiger partial charge in [-0.25, -0.2) is 9.97 Å². The quantitative estimate of drug-likeness (QED) is 0.456. The summed E-state index contributed by atoms with van der Waals surface area (Å²) >= 11 is 3.12. The molecule has 0 aliphatic carbocycles. The molecule has 0 atom stereocenters. The largest absolute Gasteiger partial charge is 0.292 e. The van der Waals surface area contributed by atoms with Crippen LogP contribution in [0.25, 0.3) is 31.6 Å². The minimum Gasteiger partial charge on any atom is -0.292 e. The van der Waals surface area contributed by atoms with E-state index in [1.807, 2.05) is 60.0 Å². The van der Waals surface area contributed by atoms with Gasteiger partial charge in [0.2, 0.25) is 0 Å². The zero-order valence-corrected chi connectivity index (χ0v) is 15.3. The van der Waals surface area contributed by atoms with Crippen molar-refractivity contribution in [2.75, 3.05) is 0 Å². The Balaban J connectivity index is 1.62. The first-order chi connectivity index (χ1) is 12.8. The molecule has 0 saturated heterocycles. The van der Waals surface area contributed by atoms with E-state index in [-0.39, 0.29) is 5.56 Å². The molecule has 0 aliphatic rings. The second kappa shape index (κ2) is 6.16. The molecule has 0 radical (unpaired) electrons. The monoisotopic (exact) mass is 375 g/mol. The smallest absolute Gasteiger partial charge is 0.263 e. The highest BCUT2D eigenvalue weighted by Gasteiger charge is 2.14. The fourth-order valence-corrected chi connectivity index (χ4v) is 4.92. The number of hydrogen-bond acceptors (Lipinski definition) is 5. The van der Waals surface area contributed by atoms with Crippen LogP contribution in [0.5, 0.6) is 0 Å². The summed E-state index contributed by atoms with van der Waals surface area (Å²) in [4.78, 5) is 23.0. The van der Waals surface area contributed by atoms with E-state index in [0.29, 0.717) is 11.9 Å². The van der Waals surface area contributed by atoms with E-state index in [1.165, 1.54) is 11.3 Å². The maximum atomic E-state index is 13.1. The van der Waals surface area contributed by atoms with Crippen LogP contribution in [-0.2, 0) is 6.54 Å². The minimum atomic E-state index is -0.0191. The molecule has 0 amide bonds. The number of thiazole rings is 1. The number of aromatic nitrogens is 3. The Labute approximate surface area is 157 Å². The summed E-state index contributed by atoms with van der Waals surface area (Å²) < 4.78 is 2.78. The average Bonchev–Trinajstić information content (AvgIpc) is 3.28. The normalized spacial score (nSPS) is 11.4. The molecule has 0 N–H and O–H groups in total. The lowest BCUT2D eigenvalue weighted by Crippen LogP contribution is -2.20. The predicted molar refractivity (Wildman–Crippen MR) is 108 cm³/mol. The van der Waals surface area contributed by atoms with E-state index < -0.39 is 0 Å². The molecular weight excluding hydrogens is 362 g/mol. The number of rotatable bonds is 3. The number of fused-ring (bicyclic) bond motifs is 2. The highest BCUT2D eigenvalue weighted by molar-refractivity contribution is 7.18. The van der Waals surface area contributed by atoms with Gasteiger partial charge < -0.3 is 0 Å². The van der Waals surface area contributed by atoms with Crippen LogP contribution in [-0.4, -0.2) is 14.5 Å². The summed E-state index contributed by atoms with van der Waals surface area (Å²) in [7, 11) is 0. The third kappa shape index (κ3) is 2.55. The summed E-state index contributed by atoms with van der Waals surface area (Å²) in [5, 5.41) is 3.60. The molecule has 0 fully saturated rings. The van der Waals surface area contributed by atoms with Crippen molar-refractivity contribution < 1.29 is 0 Å². The first kappa shape index (κ1) is 15.4. The van der Waals surface area contributed by atoms with Gasteiger partial charge in [-0.1, -0.05) is 42.5 Å². The van der Waals surface area contributed by atoms with E-state index in [1.54, 1.807) is 22.2 Å². The maximum Gasteiger partial charge on any atom is 0.263 e. The minimum absolute atomic E-state index is 0.0191. The van der Waals surface area contributed by atoms with E-state index in [2.05, 4.69) is 9.97 Å². The molecule has 3 heterocycles. The van der Waals surface area contributed by atoms with Gasteiger partial charge in [0, 0.05) is 10.9 Å². The Kier molecular flexibility index (Phi) is 3.65. The van der Waals surface area contributed by atoms with Crippen LogP contribution in [0.4, 0.5) is 0 Å². The molecule has 5 rings (SSSR count). The summed E-state index contributed by atoms with van der Waals surface area (Å²) in [5.74, 6) is 0. The predicted octanol–water partition coefficient (Wildman–Crippen LogP) is 4.78. The van der Waals surface area contributed by atoms with Crippen molar-refractivity contribution in [2.45, 2.75) is 6.54 Å². The fourth-order valence-electron chi connectivity index (χ4n) is 3.04. The van der Waals surface area contributed by atoms with Gasteiger partial charge in [0.25, 0.3) is 5.56 Å². The molecule has 126 valence electrons. The van der Waals surface area contributed by atoms with Crippen molar-refractivity contribution in [3.8, 4) is 11.1 Å². The maximum absolute atomic E-state index is 13.1. The van der Waals surface area contributed by atoms with Crippen LogP contribution in [0.15, 0.2) is 71.1 Å². The van der Waals surface area contributed by atoms with Gasteiger partial charge in [-0.3, -0.25) is 9.36 Å². The van der Waals surface area contributed by atoms with E-state index in [0.717, 1.165) is 31.2 Å². The molecule has 6 heteroatoms. The molecule has 4 nitrogen and oxygen atoms in total. The third-order valence-electron chi connectivity index (χ3n) is 4.29. The summed E-state index contributed by atoms with van der Waals surface area (Å²) in [6.45, 7) is 0.436. The standard InChI is InChI=1S/C20H13N3OS2/c24-20-18-14(13-6-2-1-3-7-13)11-25-19(18)21-12-23(20)10-17-22-15-8-4-5-9-16(15)26-17/h1-9,11-12H,10H2. The Hall–Kier alpha value is -2.83. The third-order valence-corrected chi connectivity index (χ3v) is 6.20. The van der Waals surface area contributed by atoms with Crippen LogP contribution in [0.1, 0.15) is 5.01 Å². The van der Waals surface area contributed by atoms with Crippen molar-refractivity contribution in [3.05, 3.63) is 81.7 Å². The number of para-hydroxylation sites is 1. The lowest BCUT2D eigenvalue weighted by molar-refractivity contribution is 0.746. The summed E-state index contributed by atoms with van der Waals surface area (Å²) in [5.41, 5.74) is 2.93. The molecule has 5 aromatic rings. The molecule has 2 aromatic carbocycles. The zero-order valence-electron chi connectivity index (χ0n) is 13.6. The van der Waals surface area contributed by atoms with Crippen LogP contribution >= 0.6 is 22.7 Å². The highest BCUT2D eigenvalue weighted by atomic mass is 32.1. The molecule has 26 heavy (non-hydrogen) atoms. The number of nitrogens with zero attached hydrogens (tertiary/aromatic N) is 3. The Morgan fingerprint density at radius 1 is 1.00 bits per heavy atom. The Morgan fingerprint density at radius 3 is 2.65 bits per heavy atom. The van der Waals surface area contributed by atoms with Gasteiger partial charge in [0.05, 0.1) is 28.5 Å².